The van der Waals surface area contributed by atoms with Gasteiger partial charge in [-0.3, -0.25) is 0 Å². The highest BCUT2D eigenvalue weighted by Gasteiger charge is 2.00. The van der Waals surface area contributed by atoms with Crippen LogP contribution < -0.4 is 10.4 Å². The van der Waals surface area contributed by atoms with Crippen LogP contribution in [0.15, 0.2) is 54.8 Å². The number of aliphatic hydroxyl groups excluding tert-OH is 1. The standard InChI is InChI=1S/C20H22O/c1-14(2)11-17-5-7-18(8-6-17)20-10-9-19(13-16(4)21)15(3)12-20/h5-10,12-14,21H,3-4,11H2,1-2H3/b19-13-. The van der Waals surface area contributed by atoms with E-state index in [0.29, 0.717) is 5.92 Å². The Labute approximate surface area is 126 Å². The minimum atomic E-state index is 0.0469. The van der Waals surface area contributed by atoms with Crippen molar-refractivity contribution in [3.05, 3.63) is 70.8 Å². The first-order chi connectivity index (χ1) is 9.95. The molecule has 108 valence electrons. The molecule has 2 aromatic carbocycles. The fraction of sp³-hybridized carbons (Fsp3) is 0.200. The summed E-state index contributed by atoms with van der Waals surface area (Å²) in [4.78, 5) is 0. The summed E-state index contributed by atoms with van der Waals surface area (Å²) in [5, 5.41) is 11.0. The van der Waals surface area contributed by atoms with Crippen LogP contribution in [0.3, 0.4) is 0 Å². The Bertz CT molecular complexity index is 736. The molecule has 0 aliphatic heterocycles. The molecule has 2 rings (SSSR count). The lowest BCUT2D eigenvalue weighted by Crippen LogP contribution is -2.22. The van der Waals surface area contributed by atoms with E-state index in [1.165, 1.54) is 11.1 Å². The summed E-state index contributed by atoms with van der Waals surface area (Å²) in [7, 11) is 0. The molecule has 0 aromatic heterocycles. The molecule has 2 aromatic rings. The van der Waals surface area contributed by atoms with E-state index in [-0.39, 0.29) is 5.76 Å². The van der Waals surface area contributed by atoms with Crippen LogP contribution in [0.2, 0.25) is 0 Å². The zero-order valence-electron chi connectivity index (χ0n) is 12.8. The highest BCUT2D eigenvalue weighted by Crippen LogP contribution is 2.18. The minimum absolute atomic E-state index is 0.0469. The molecule has 0 spiro atoms. The summed E-state index contributed by atoms with van der Waals surface area (Å²) in [6.45, 7) is 12.0. The molecule has 1 nitrogen and oxygen atoms in total. The molecule has 0 saturated heterocycles. The summed E-state index contributed by atoms with van der Waals surface area (Å²) in [6, 6.07) is 14.7. The first-order valence-corrected chi connectivity index (χ1v) is 7.23. The maximum Gasteiger partial charge on any atom is 0.109 e. The molecule has 0 unspecified atom stereocenters. The molecule has 1 N–H and O–H groups in total. The van der Waals surface area contributed by atoms with Crippen molar-refractivity contribution in [2.24, 2.45) is 5.92 Å². The van der Waals surface area contributed by atoms with Gasteiger partial charge in [-0.25, -0.2) is 0 Å². The molecule has 0 heterocycles. The van der Waals surface area contributed by atoms with E-state index in [1.807, 2.05) is 18.2 Å². The minimum Gasteiger partial charge on any atom is -0.509 e. The Morgan fingerprint density at radius 2 is 1.71 bits per heavy atom. The van der Waals surface area contributed by atoms with Crippen molar-refractivity contribution in [3.8, 4) is 11.1 Å². The number of aliphatic hydroxyl groups is 1. The molecule has 0 amide bonds. The zero-order valence-corrected chi connectivity index (χ0v) is 12.8. The van der Waals surface area contributed by atoms with Crippen LogP contribution in [-0.2, 0) is 6.42 Å². The predicted octanol–water partition coefficient (Wildman–Crippen LogP) is 3.81. The lowest BCUT2D eigenvalue weighted by atomic mass is 9.98. The van der Waals surface area contributed by atoms with Gasteiger partial charge >= 0.3 is 0 Å². The number of hydrogen-bond acceptors (Lipinski definition) is 1. The molecule has 0 aliphatic carbocycles. The second kappa shape index (κ2) is 6.45. The molecule has 0 atom stereocenters. The van der Waals surface area contributed by atoms with Gasteiger partial charge in [-0.2, -0.15) is 0 Å². The van der Waals surface area contributed by atoms with Gasteiger partial charge in [0.15, 0.2) is 0 Å². The van der Waals surface area contributed by atoms with Crippen molar-refractivity contribution >= 4 is 12.7 Å². The third-order valence-corrected chi connectivity index (χ3v) is 3.40. The summed E-state index contributed by atoms with van der Waals surface area (Å²) in [6.07, 6.45) is 2.73. The molecule has 21 heavy (non-hydrogen) atoms. The molecule has 0 bridgehead atoms. The van der Waals surface area contributed by atoms with Gasteiger partial charge in [0.05, 0.1) is 0 Å². The first-order valence-electron chi connectivity index (χ1n) is 7.23. The quantitative estimate of drug-likeness (QED) is 0.843. The van der Waals surface area contributed by atoms with Gasteiger partial charge < -0.3 is 5.11 Å². The molecule has 1 heteroatoms. The van der Waals surface area contributed by atoms with Crippen molar-refractivity contribution < 1.29 is 5.11 Å². The SMILES string of the molecule is C=C(O)/C=c1/ccc(-c2ccc(CC(C)C)cc2)cc1=C. The third-order valence-electron chi connectivity index (χ3n) is 3.40. The molecule has 0 saturated carbocycles. The molecule has 0 radical (unpaired) electrons. The van der Waals surface area contributed by atoms with Crippen LogP contribution in [0.5, 0.6) is 0 Å². The van der Waals surface area contributed by atoms with Gasteiger partial charge in [-0.1, -0.05) is 63.4 Å². The Morgan fingerprint density at radius 1 is 1.10 bits per heavy atom. The lowest BCUT2D eigenvalue weighted by Gasteiger charge is -2.07. The van der Waals surface area contributed by atoms with E-state index in [1.54, 1.807) is 6.08 Å². The number of benzene rings is 2. The van der Waals surface area contributed by atoms with Crippen molar-refractivity contribution in [2.45, 2.75) is 20.3 Å². The molecular weight excluding hydrogens is 256 g/mol. The van der Waals surface area contributed by atoms with Gasteiger partial charge in [0.2, 0.25) is 0 Å². The average Bonchev–Trinajstić information content (AvgIpc) is 2.41. The van der Waals surface area contributed by atoms with Gasteiger partial charge in [0, 0.05) is 0 Å². The Morgan fingerprint density at radius 3 is 2.24 bits per heavy atom. The van der Waals surface area contributed by atoms with E-state index >= 15 is 0 Å². The summed E-state index contributed by atoms with van der Waals surface area (Å²) < 4.78 is 0. The van der Waals surface area contributed by atoms with Crippen molar-refractivity contribution in [1.29, 1.82) is 0 Å². The van der Waals surface area contributed by atoms with Gasteiger partial charge in [0.25, 0.3) is 0 Å². The highest BCUT2D eigenvalue weighted by atomic mass is 16.3. The van der Waals surface area contributed by atoms with Crippen molar-refractivity contribution in [2.75, 3.05) is 0 Å². The average molecular weight is 278 g/mol. The van der Waals surface area contributed by atoms with E-state index in [9.17, 15) is 5.11 Å². The molecular formula is C20H22O. The summed E-state index contributed by atoms with van der Waals surface area (Å²) >= 11 is 0. The summed E-state index contributed by atoms with van der Waals surface area (Å²) in [5.74, 6) is 0.717. The maximum atomic E-state index is 9.24. The lowest BCUT2D eigenvalue weighted by molar-refractivity contribution is 0.444. The van der Waals surface area contributed by atoms with Crippen molar-refractivity contribution in [1.82, 2.24) is 0 Å². The molecule has 0 fully saturated rings. The largest absolute Gasteiger partial charge is 0.509 e. The van der Waals surface area contributed by atoms with E-state index < -0.39 is 0 Å². The van der Waals surface area contributed by atoms with Gasteiger partial charge in [0.1, 0.15) is 5.76 Å². The van der Waals surface area contributed by atoms with Gasteiger partial charge in [-0.05, 0) is 51.6 Å². The fourth-order valence-electron chi connectivity index (χ4n) is 2.41. The van der Waals surface area contributed by atoms with Crippen LogP contribution in [0.1, 0.15) is 19.4 Å². The second-order valence-corrected chi connectivity index (χ2v) is 5.84. The Hall–Kier alpha value is -2.28. The highest BCUT2D eigenvalue weighted by molar-refractivity contribution is 5.64. The third kappa shape index (κ3) is 4.09. The second-order valence-electron chi connectivity index (χ2n) is 5.84. The maximum absolute atomic E-state index is 9.24. The Balaban J connectivity index is 2.33. The number of rotatable bonds is 4. The normalized spacial score (nSPS) is 11.9. The van der Waals surface area contributed by atoms with E-state index in [4.69, 9.17) is 0 Å². The van der Waals surface area contributed by atoms with Gasteiger partial charge in [-0.15, -0.1) is 0 Å². The molecule has 0 aliphatic rings. The van der Waals surface area contributed by atoms with Crippen molar-refractivity contribution in [3.63, 3.8) is 0 Å². The fourth-order valence-corrected chi connectivity index (χ4v) is 2.41. The van der Waals surface area contributed by atoms with Crippen LogP contribution in [-0.4, -0.2) is 5.11 Å². The topological polar surface area (TPSA) is 20.2 Å². The van der Waals surface area contributed by atoms with Crippen LogP contribution in [0, 0.1) is 5.92 Å². The predicted molar refractivity (Wildman–Crippen MR) is 91.4 cm³/mol. The Kier molecular flexibility index (Phi) is 4.64. The van der Waals surface area contributed by atoms with Crippen LogP contribution in [0.25, 0.3) is 23.8 Å². The summed E-state index contributed by atoms with van der Waals surface area (Å²) in [5.41, 5.74) is 3.68. The first kappa shape index (κ1) is 15.1. The van der Waals surface area contributed by atoms with E-state index in [2.05, 4.69) is 51.3 Å². The van der Waals surface area contributed by atoms with Crippen LogP contribution >= 0.6 is 0 Å². The van der Waals surface area contributed by atoms with E-state index in [0.717, 1.165) is 22.4 Å². The monoisotopic (exact) mass is 278 g/mol. The zero-order chi connectivity index (χ0) is 15.4. The number of allylic oxidation sites excluding steroid dienone is 1. The van der Waals surface area contributed by atoms with Crippen LogP contribution in [0.4, 0.5) is 0 Å². The smallest absolute Gasteiger partial charge is 0.109 e. The number of hydrogen-bond donors (Lipinski definition) is 1.